The van der Waals surface area contributed by atoms with Gasteiger partial charge in [0.15, 0.2) is 0 Å². The van der Waals surface area contributed by atoms with Crippen molar-refractivity contribution in [3.8, 4) is 0 Å². The topological polar surface area (TPSA) is 57.6 Å². The number of hydrogen-bond acceptors (Lipinski definition) is 3. The van der Waals surface area contributed by atoms with Crippen LogP contribution in [-0.2, 0) is 9.59 Å². The predicted molar refractivity (Wildman–Crippen MR) is 73.9 cm³/mol. The van der Waals surface area contributed by atoms with Crippen molar-refractivity contribution in [1.82, 2.24) is 4.90 Å². The molecule has 2 fully saturated rings. The van der Waals surface area contributed by atoms with Crippen LogP contribution in [0.1, 0.15) is 37.2 Å². The van der Waals surface area contributed by atoms with Gasteiger partial charge in [0.1, 0.15) is 0 Å². The summed E-state index contributed by atoms with van der Waals surface area (Å²) < 4.78 is 0. The van der Waals surface area contributed by atoms with Crippen LogP contribution in [-0.4, -0.2) is 34.5 Å². The maximum absolute atomic E-state index is 12.4. The molecular weight excluding hydrogens is 254 g/mol. The number of rotatable bonds is 3. The molecular formula is C16H19NO3. The van der Waals surface area contributed by atoms with E-state index in [0.29, 0.717) is 6.54 Å². The number of aliphatic hydroxyl groups is 1. The fourth-order valence-electron chi connectivity index (χ4n) is 3.29. The van der Waals surface area contributed by atoms with Crippen molar-refractivity contribution in [3.63, 3.8) is 0 Å². The molecule has 0 aromatic heterocycles. The van der Waals surface area contributed by atoms with Crippen LogP contribution in [0.25, 0.3) is 0 Å². The fraction of sp³-hybridized carbons (Fsp3) is 0.500. The molecule has 0 bridgehead atoms. The zero-order chi connectivity index (χ0) is 14.1. The molecule has 20 heavy (non-hydrogen) atoms. The van der Waals surface area contributed by atoms with Crippen molar-refractivity contribution in [2.45, 2.75) is 37.7 Å². The average molecular weight is 273 g/mol. The molecule has 3 atom stereocenters. The number of carbonyl (C=O) groups excluding carboxylic acids is 2. The summed E-state index contributed by atoms with van der Waals surface area (Å²) in [6, 6.07) is 9.46. The van der Waals surface area contributed by atoms with Crippen molar-refractivity contribution in [2.75, 3.05) is 6.54 Å². The molecule has 1 saturated carbocycles. The zero-order valence-corrected chi connectivity index (χ0v) is 11.4. The summed E-state index contributed by atoms with van der Waals surface area (Å²) in [6.07, 6.45) is 2.54. The molecule has 1 aliphatic carbocycles. The molecule has 2 amide bonds. The van der Waals surface area contributed by atoms with Crippen LogP contribution in [0, 0.1) is 5.92 Å². The lowest BCUT2D eigenvalue weighted by molar-refractivity contribution is -0.139. The Labute approximate surface area is 118 Å². The lowest BCUT2D eigenvalue weighted by Crippen LogP contribution is -2.37. The summed E-state index contributed by atoms with van der Waals surface area (Å²) in [5.74, 6) is -0.511. The Balaban J connectivity index is 1.74. The Bertz CT molecular complexity index is 514. The molecule has 0 spiro atoms. The molecule has 1 aromatic carbocycles. The van der Waals surface area contributed by atoms with Crippen LogP contribution in [0.15, 0.2) is 30.3 Å². The molecule has 106 valence electrons. The minimum Gasteiger partial charge on any atom is -0.393 e. The first-order valence-corrected chi connectivity index (χ1v) is 7.24. The molecule has 1 aliphatic heterocycles. The molecule has 1 heterocycles. The normalized spacial score (nSPS) is 30.2. The number of hydrogen-bond donors (Lipinski definition) is 1. The second-order valence-corrected chi connectivity index (χ2v) is 5.77. The van der Waals surface area contributed by atoms with Gasteiger partial charge in [-0.3, -0.25) is 14.5 Å². The first kappa shape index (κ1) is 13.3. The van der Waals surface area contributed by atoms with Gasteiger partial charge in [-0.2, -0.15) is 0 Å². The second kappa shape index (κ2) is 5.37. The molecule has 1 N–H and O–H groups in total. The molecule has 4 nitrogen and oxygen atoms in total. The van der Waals surface area contributed by atoms with E-state index in [1.807, 2.05) is 30.3 Å². The number of carbonyl (C=O) groups is 2. The summed E-state index contributed by atoms with van der Waals surface area (Å²) in [7, 11) is 0. The zero-order valence-electron chi connectivity index (χ0n) is 11.4. The average Bonchev–Trinajstić information content (AvgIpc) is 2.98. The minimum absolute atomic E-state index is 0.0532. The fourth-order valence-corrected chi connectivity index (χ4v) is 3.29. The van der Waals surface area contributed by atoms with Gasteiger partial charge in [0.2, 0.25) is 11.8 Å². The lowest BCUT2D eigenvalue weighted by Gasteiger charge is -2.21. The Hall–Kier alpha value is -1.68. The van der Waals surface area contributed by atoms with E-state index in [4.69, 9.17) is 0 Å². The molecule has 2 aliphatic rings. The summed E-state index contributed by atoms with van der Waals surface area (Å²) in [6.45, 7) is 0.377. The van der Waals surface area contributed by atoms with Crippen molar-refractivity contribution >= 4 is 11.8 Å². The van der Waals surface area contributed by atoms with E-state index < -0.39 is 0 Å². The highest BCUT2D eigenvalue weighted by molar-refractivity contribution is 6.06. The van der Waals surface area contributed by atoms with Gasteiger partial charge in [-0.1, -0.05) is 36.8 Å². The van der Waals surface area contributed by atoms with Gasteiger partial charge in [-0.05, 0) is 18.4 Å². The number of amides is 2. The third-order valence-electron chi connectivity index (χ3n) is 4.48. The van der Waals surface area contributed by atoms with Crippen LogP contribution in [0.5, 0.6) is 0 Å². The minimum atomic E-state index is -0.369. The molecule has 1 saturated heterocycles. The first-order valence-electron chi connectivity index (χ1n) is 7.24. The van der Waals surface area contributed by atoms with E-state index in [9.17, 15) is 14.7 Å². The van der Waals surface area contributed by atoms with E-state index in [1.165, 1.54) is 4.90 Å². The summed E-state index contributed by atoms with van der Waals surface area (Å²) in [4.78, 5) is 25.9. The van der Waals surface area contributed by atoms with E-state index in [2.05, 4.69) is 0 Å². The maximum atomic E-state index is 12.4. The maximum Gasteiger partial charge on any atom is 0.237 e. The summed E-state index contributed by atoms with van der Waals surface area (Å²) >= 11 is 0. The van der Waals surface area contributed by atoms with Crippen LogP contribution in [0.4, 0.5) is 0 Å². The molecule has 3 unspecified atom stereocenters. The van der Waals surface area contributed by atoms with Crippen molar-refractivity contribution in [1.29, 1.82) is 0 Å². The Morgan fingerprint density at radius 1 is 1.15 bits per heavy atom. The Morgan fingerprint density at radius 2 is 1.90 bits per heavy atom. The number of likely N-dealkylation sites (tertiary alicyclic amines) is 1. The summed E-state index contributed by atoms with van der Waals surface area (Å²) in [5, 5.41) is 9.86. The highest BCUT2D eigenvalue weighted by atomic mass is 16.3. The SMILES string of the molecule is O=C1CC(c2ccccc2)C(=O)N1CC1CCCC1O. The quantitative estimate of drug-likeness (QED) is 0.853. The van der Waals surface area contributed by atoms with E-state index >= 15 is 0 Å². The number of nitrogens with zero attached hydrogens (tertiary/aromatic N) is 1. The monoisotopic (exact) mass is 273 g/mol. The van der Waals surface area contributed by atoms with Crippen molar-refractivity contribution in [3.05, 3.63) is 35.9 Å². The van der Waals surface area contributed by atoms with Gasteiger partial charge in [0.05, 0.1) is 12.0 Å². The van der Waals surface area contributed by atoms with Gasteiger partial charge in [0, 0.05) is 18.9 Å². The van der Waals surface area contributed by atoms with Gasteiger partial charge >= 0.3 is 0 Å². The van der Waals surface area contributed by atoms with Crippen LogP contribution < -0.4 is 0 Å². The van der Waals surface area contributed by atoms with Crippen molar-refractivity contribution < 1.29 is 14.7 Å². The third kappa shape index (κ3) is 2.36. The van der Waals surface area contributed by atoms with E-state index in [0.717, 1.165) is 24.8 Å². The highest BCUT2D eigenvalue weighted by Gasteiger charge is 2.41. The molecule has 1 aromatic rings. The summed E-state index contributed by atoms with van der Waals surface area (Å²) in [5.41, 5.74) is 0.903. The van der Waals surface area contributed by atoms with E-state index in [1.54, 1.807) is 0 Å². The van der Waals surface area contributed by atoms with Crippen LogP contribution >= 0.6 is 0 Å². The van der Waals surface area contributed by atoms with E-state index in [-0.39, 0.29) is 36.2 Å². The van der Waals surface area contributed by atoms with Crippen LogP contribution in [0.2, 0.25) is 0 Å². The molecule has 0 radical (unpaired) electrons. The number of aliphatic hydroxyl groups excluding tert-OH is 1. The number of benzene rings is 1. The largest absolute Gasteiger partial charge is 0.393 e. The van der Waals surface area contributed by atoms with Gasteiger partial charge in [0.25, 0.3) is 0 Å². The van der Waals surface area contributed by atoms with Crippen LogP contribution in [0.3, 0.4) is 0 Å². The van der Waals surface area contributed by atoms with Crippen molar-refractivity contribution in [2.24, 2.45) is 5.92 Å². The van der Waals surface area contributed by atoms with Gasteiger partial charge < -0.3 is 5.11 Å². The second-order valence-electron chi connectivity index (χ2n) is 5.77. The van der Waals surface area contributed by atoms with Gasteiger partial charge in [-0.25, -0.2) is 0 Å². The number of imide groups is 1. The highest BCUT2D eigenvalue weighted by Crippen LogP contribution is 2.33. The third-order valence-corrected chi connectivity index (χ3v) is 4.48. The Kier molecular flexibility index (Phi) is 3.57. The predicted octanol–water partition coefficient (Wildman–Crippen LogP) is 1.69. The Morgan fingerprint density at radius 3 is 2.55 bits per heavy atom. The lowest BCUT2D eigenvalue weighted by atomic mass is 9.98. The smallest absolute Gasteiger partial charge is 0.237 e. The first-order chi connectivity index (χ1) is 9.66. The van der Waals surface area contributed by atoms with Gasteiger partial charge in [-0.15, -0.1) is 0 Å². The standard InChI is InChI=1S/C16H19NO3/c18-14-8-4-7-12(14)10-17-15(19)9-13(16(17)20)11-5-2-1-3-6-11/h1-3,5-6,12-14,18H,4,7-10H2. The molecule has 4 heteroatoms. The molecule has 3 rings (SSSR count).